The van der Waals surface area contributed by atoms with Crippen LogP contribution in [-0.4, -0.2) is 28.8 Å². The van der Waals surface area contributed by atoms with E-state index in [1.165, 1.54) is 13.2 Å². The number of carbonyl (C=O) groups is 2. The van der Waals surface area contributed by atoms with Crippen molar-refractivity contribution in [3.8, 4) is 11.5 Å². The Morgan fingerprint density at radius 3 is 2.52 bits per heavy atom. The van der Waals surface area contributed by atoms with Crippen LogP contribution in [0.25, 0.3) is 10.9 Å². The minimum absolute atomic E-state index is 0.242. The molecule has 2 amide bonds. The van der Waals surface area contributed by atoms with Crippen LogP contribution in [0.3, 0.4) is 0 Å². The van der Waals surface area contributed by atoms with Crippen molar-refractivity contribution in [3.63, 3.8) is 0 Å². The molecule has 4 rings (SSSR count). The lowest BCUT2D eigenvalue weighted by atomic mass is 10.2. The van der Waals surface area contributed by atoms with Gasteiger partial charge in [-0.15, -0.1) is 0 Å². The van der Waals surface area contributed by atoms with Crippen molar-refractivity contribution in [2.24, 2.45) is 0 Å². The number of H-pyrrole nitrogens is 1. The molecule has 0 saturated heterocycles. The molecule has 0 saturated carbocycles. The summed E-state index contributed by atoms with van der Waals surface area (Å²) in [6, 6.07) is 16.5. The second kappa shape index (κ2) is 8.31. The monoisotopic (exact) mass is 414 g/mol. The molecule has 0 radical (unpaired) electrons. The Morgan fingerprint density at radius 1 is 0.935 bits per heavy atom. The zero-order valence-electron chi connectivity index (χ0n) is 17.4. The fraction of sp³-hybridized carbons (Fsp3) is 0.125. The number of hydrogen-bond acceptors (Lipinski definition) is 4. The van der Waals surface area contributed by atoms with Gasteiger partial charge in [0.05, 0.1) is 5.69 Å². The van der Waals surface area contributed by atoms with Gasteiger partial charge in [0.25, 0.3) is 11.8 Å². The first-order valence-electron chi connectivity index (χ1n) is 9.80. The van der Waals surface area contributed by atoms with E-state index >= 15 is 0 Å². The molecule has 0 aliphatic rings. The lowest BCUT2D eigenvalue weighted by Gasteiger charge is -2.13. The Hall–Kier alpha value is -4.13. The number of benzene rings is 2. The molecule has 2 aromatic heterocycles. The molecule has 0 aliphatic carbocycles. The highest BCUT2D eigenvalue weighted by Gasteiger charge is 2.14. The molecule has 156 valence electrons. The topological polar surface area (TPSA) is 96.1 Å². The van der Waals surface area contributed by atoms with Crippen molar-refractivity contribution in [2.45, 2.75) is 13.8 Å². The van der Waals surface area contributed by atoms with E-state index in [9.17, 15) is 9.59 Å². The Morgan fingerprint density at radius 2 is 1.71 bits per heavy atom. The van der Waals surface area contributed by atoms with E-state index in [-0.39, 0.29) is 17.5 Å². The highest BCUT2D eigenvalue weighted by molar-refractivity contribution is 6.06. The second-order valence-electron chi connectivity index (χ2n) is 7.29. The second-order valence-corrected chi connectivity index (χ2v) is 7.29. The van der Waals surface area contributed by atoms with Gasteiger partial charge in [0, 0.05) is 30.2 Å². The number of aromatic amines is 1. The molecule has 7 nitrogen and oxygen atoms in total. The summed E-state index contributed by atoms with van der Waals surface area (Å²) in [6.07, 6.45) is 1.50. The lowest BCUT2D eigenvalue weighted by molar-refractivity contribution is 0.0957. The predicted molar refractivity (Wildman–Crippen MR) is 120 cm³/mol. The van der Waals surface area contributed by atoms with Gasteiger partial charge >= 0.3 is 0 Å². The molecule has 0 unspecified atom stereocenters. The van der Waals surface area contributed by atoms with Gasteiger partial charge in [-0.05, 0) is 55.8 Å². The average molecular weight is 414 g/mol. The number of rotatable bonds is 5. The first kappa shape index (κ1) is 20.2. The summed E-state index contributed by atoms with van der Waals surface area (Å²) in [5.74, 6) is 0.325. The van der Waals surface area contributed by atoms with Crippen LogP contribution in [0.1, 0.15) is 32.1 Å². The van der Waals surface area contributed by atoms with Crippen LogP contribution in [0.15, 0.2) is 60.8 Å². The van der Waals surface area contributed by atoms with Crippen molar-refractivity contribution in [1.82, 2.24) is 15.3 Å². The third-order valence-electron chi connectivity index (χ3n) is 4.83. The average Bonchev–Trinajstić information content (AvgIpc) is 3.18. The first-order valence-corrected chi connectivity index (χ1v) is 9.80. The van der Waals surface area contributed by atoms with E-state index in [0.29, 0.717) is 22.9 Å². The van der Waals surface area contributed by atoms with E-state index in [2.05, 4.69) is 20.6 Å². The maximum Gasteiger partial charge on any atom is 0.272 e. The van der Waals surface area contributed by atoms with E-state index < -0.39 is 0 Å². The number of nitrogens with zero attached hydrogens (tertiary/aromatic N) is 1. The number of nitrogens with one attached hydrogen (secondary N) is 3. The zero-order valence-corrected chi connectivity index (χ0v) is 17.4. The molecule has 31 heavy (non-hydrogen) atoms. The van der Waals surface area contributed by atoms with Crippen LogP contribution < -0.4 is 15.4 Å². The van der Waals surface area contributed by atoms with Crippen LogP contribution in [0.4, 0.5) is 5.69 Å². The first-order chi connectivity index (χ1) is 14.9. The number of fused-ring (bicyclic) bond motifs is 1. The van der Waals surface area contributed by atoms with E-state index in [1.807, 2.05) is 50.2 Å². The fourth-order valence-corrected chi connectivity index (χ4v) is 3.24. The Kier molecular flexibility index (Phi) is 5.41. The minimum Gasteiger partial charge on any atom is -0.455 e. The molecule has 0 bridgehead atoms. The Bertz CT molecular complexity index is 1290. The highest BCUT2D eigenvalue weighted by atomic mass is 16.5. The summed E-state index contributed by atoms with van der Waals surface area (Å²) in [5, 5.41) is 6.42. The number of carbonyl (C=O) groups excluding carboxylic acids is 2. The Balaban J connectivity index is 1.60. The van der Waals surface area contributed by atoms with Gasteiger partial charge in [0.2, 0.25) is 0 Å². The number of aryl methyl sites for hydroxylation is 2. The third kappa shape index (κ3) is 4.40. The van der Waals surface area contributed by atoms with E-state index in [0.717, 1.165) is 22.0 Å². The number of hydrogen-bond donors (Lipinski definition) is 3. The van der Waals surface area contributed by atoms with Crippen molar-refractivity contribution >= 4 is 28.4 Å². The number of amides is 2. The quantitative estimate of drug-likeness (QED) is 0.445. The van der Waals surface area contributed by atoms with Gasteiger partial charge in [-0.25, -0.2) is 0 Å². The van der Waals surface area contributed by atoms with Crippen LogP contribution in [0.2, 0.25) is 0 Å². The Labute approximate surface area is 179 Å². The van der Waals surface area contributed by atoms with E-state index in [1.54, 1.807) is 18.2 Å². The van der Waals surface area contributed by atoms with Gasteiger partial charge in [-0.3, -0.25) is 14.6 Å². The van der Waals surface area contributed by atoms with Gasteiger partial charge in [-0.2, -0.15) is 0 Å². The molecule has 0 aliphatic heterocycles. The number of aromatic nitrogens is 2. The zero-order chi connectivity index (χ0) is 22.0. The van der Waals surface area contributed by atoms with Crippen LogP contribution >= 0.6 is 0 Å². The molecule has 7 heteroatoms. The summed E-state index contributed by atoms with van der Waals surface area (Å²) in [7, 11) is 1.54. The molecule has 3 N–H and O–H groups in total. The number of anilines is 1. The summed E-state index contributed by atoms with van der Waals surface area (Å²) in [4.78, 5) is 31.9. The van der Waals surface area contributed by atoms with Crippen molar-refractivity contribution in [1.29, 1.82) is 0 Å². The fourth-order valence-electron chi connectivity index (χ4n) is 3.24. The minimum atomic E-state index is -0.308. The molecule has 4 aromatic rings. The normalized spacial score (nSPS) is 10.7. The maximum absolute atomic E-state index is 12.9. The van der Waals surface area contributed by atoms with Crippen LogP contribution in [0.5, 0.6) is 11.5 Å². The van der Waals surface area contributed by atoms with Gasteiger partial charge in [0.15, 0.2) is 5.75 Å². The summed E-state index contributed by atoms with van der Waals surface area (Å²) < 4.78 is 5.99. The van der Waals surface area contributed by atoms with Crippen molar-refractivity contribution in [3.05, 3.63) is 83.3 Å². The molecular formula is C24H22N4O3. The predicted octanol–water partition coefficient (Wildman–Crippen LogP) is 4.58. The summed E-state index contributed by atoms with van der Waals surface area (Å²) >= 11 is 0. The number of ether oxygens (including phenoxy) is 1. The SMILES string of the molecule is CNC(=O)c1cc(Oc2cc(C)ccc2NC(=O)c2cc3cc(C)ccc3[nH]2)ccn1. The lowest BCUT2D eigenvalue weighted by Crippen LogP contribution is -2.19. The molecule has 0 atom stereocenters. The van der Waals surface area contributed by atoms with E-state index in [4.69, 9.17) is 4.74 Å². The highest BCUT2D eigenvalue weighted by Crippen LogP contribution is 2.31. The number of pyridine rings is 1. The van der Waals surface area contributed by atoms with Gasteiger partial charge in [0.1, 0.15) is 17.1 Å². The standard InChI is InChI=1S/C24H22N4O3/c1-14-4-6-18-16(10-14)12-21(27-18)24(30)28-19-7-5-15(2)11-22(19)31-17-8-9-26-20(13-17)23(29)25-3/h4-13,27H,1-3H3,(H,25,29)(H,28,30). The van der Waals surface area contributed by atoms with Gasteiger partial charge in [-0.1, -0.05) is 17.7 Å². The van der Waals surface area contributed by atoms with Crippen molar-refractivity contribution < 1.29 is 14.3 Å². The van der Waals surface area contributed by atoms with Crippen LogP contribution in [-0.2, 0) is 0 Å². The third-order valence-corrected chi connectivity index (χ3v) is 4.83. The molecular weight excluding hydrogens is 392 g/mol. The largest absolute Gasteiger partial charge is 0.455 e. The molecule has 2 aromatic carbocycles. The van der Waals surface area contributed by atoms with Crippen LogP contribution in [0, 0.1) is 13.8 Å². The summed E-state index contributed by atoms with van der Waals surface area (Å²) in [5.41, 5.74) is 4.21. The van der Waals surface area contributed by atoms with Gasteiger partial charge < -0.3 is 20.4 Å². The molecule has 0 fully saturated rings. The smallest absolute Gasteiger partial charge is 0.272 e. The molecule has 2 heterocycles. The molecule has 0 spiro atoms. The van der Waals surface area contributed by atoms with Crippen molar-refractivity contribution in [2.75, 3.05) is 12.4 Å². The summed E-state index contributed by atoms with van der Waals surface area (Å²) in [6.45, 7) is 3.94. The maximum atomic E-state index is 12.9.